The summed E-state index contributed by atoms with van der Waals surface area (Å²) in [6.45, 7) is 6.86. The molecule has 0 atom stereocenters. The van der Waals surface area contributed by atoms with Gasteiger partial charge in [-0.3, -0.25) is 0 Å². The largest absolute Gasteiger partial charge is 0.302 e. The number of allylic oxidation sites excluding steroid dienone is 1. The first kappa shape index (κ1) is 18.9. The molecule has 0 aromatic heterocycles. The van der Waals surface area contributed by atoms with Crippen molar-refractivity contribution < 1.29 is 0 Å². The quantitative estimate of drug-likeness (QED) is 0.574. The Hall–Kier alpha value is -1.86. The van der Waals surface area contributed by atoms with E-state index >= 15 is 0 Å². The summed E-state index contributed by atoms with van der Waals surface area (Å²) in [4.78, 5) is 2.48. The summed E-state index contributed by atoms with van der Waals surface area (Å²) in [6, 6.07) is 18.0. The Morgan fingerprint density at radius 2 is 1.69 bits per heavy atom. The van der Waals surface area contributed by atoms with Gasteiger partial charge in [-0.2, -0.15) is 0 Å². The van der Waals surface area contributed by atoms with Crippen LogP contribution in [0.5, 0.6) is 0 Å². The van der Waals surface area contributed by atoms with E-state index in [2.05, 4.69) is 74.3 Å². The Labute approximate surface area is 159 Å². The van der Waals surface area contributed by atoms with E-state index in [-0.39, 0.29) is 0 Å². The lowest BCUT2D eigenvalue weighted by Crippen LogP contribution is -2.20. The van der Waals surface area contributed by atoms with Crippen LogP contribution in [0.4, 0.5) is 0 Å². The molecule has 138 valence electrons. The second kappa shape index (κ2) is 9.19. The molecule has 26 heavy (non-hydrogen) atoms. The van der Waals surface area contributed by atoms with Crippen LogP contribution < -0.4 is 0 Å². The summed E-state index contributed by atoms with van der Waals surface area (Å²) in [5.74, 6) is 0. The minimum Gasteiger partial charge on any atom is -0.302 e. The number of unbranched alkanes of at least 4 members (excludes halogenated alkanes) is 1. The molecule has 0 unspecified atom stereocenters. The van der Waals surface area contributed by atoms with Crippen molar-refractivity contribution in [2.75, 3.05) is 20.1 Å². The van der Waals surface area contributed by atoms with Gasteiger partial charge < -0.3 is 4.90 Å². The van der Waals surface area contributed by atoms with Crippen molar-refractivity contribution in [1.29, 1.82) is 0 Å². The summed E-state index contributed by atoms with van der Waals surface area (Å²) >= 11 is 0. The SMILES string of the molecule is CC1=C(c2cc(C)ccc2CCCCc2ccccc2)CN(C)CCC1. The first-order valence-electron chi connectivity index (χ1n) is 10.1. The molecule has 0 aliphatic carbocycles. The van der Waals surface area contributed by atoms with E-state index in [9.17, 15) is 0 Å². The summed E-state index contributed by atoms with van der Waals surface area (Å²) in [5, 5.41) is 0. The third-order valence-corrected chi connectivity index (χ3v) is 5.63. The molecule has 2 aromatic carbocycles. The molecule has 1 aliphatic rings. The number of benzene rings is 2. The van der Waals surface area contributed by atoms with Crippen LogP contribution in [-0.2, 0) is 12.8 Å². The highest BCUT2D eigenvalue weighted by Crippen LogP contribution is 2.29. The molecule has 2 aromatic rings. The first-order chi connectivity index (χ1) is 12.6. The molecule has 1 heteroatoms. The molecule has 3 rings (SSSR count). The minimum atomic E-state index is 1.09. The third kappa shape index (κ3) is 5.08. The number of nitrogens with zero attached hydrogens (tertiary/aromatic N) is 1. The molecule has 1 aliphatic heterocycles. The lowest BCUT2D eigenvalue weighted by molar-refractivity contribution is 0.376. The zero-order chi connectivity index (χ0) is 18.4. The van der Waals surface area contributed by atoms with Crippen molar-refractivity contribution in [2.24, 2.45) is 0 Å². The molecule has 0 spiro atoms. The van der Waals surface area contributed by atoms with E-state index in [0.29, 0.717) is 0 Å². The molecule has 0 radical (unpaired) electrons. The summed E-state index contributed by atoms with van der Waals surface area (Å²) in [6.07, 6.45) is 7.41. The van der Waals surface area contributed by atoms with Crippen molar-refractivity contribution in [2.45, 2.75) is 52.4 Å². The fraction of sp³-hybridized carbons (Fsp3) is 0.440. The molecular weight excluding hydrogens is 314 g/mol. The van der Waals surface area contributed by atoms with Gasteiger partial charge in [-0.15, -0.1) is 0 Å². The first-order valence-corrected chi connectivity index (χ1v) is 10.1. The van der Waals surface area contributed by atoms with Gasteiger partial charge in [-0.1, -0.05) is 59.7 Å². The van der Waals surface area contributed by atoms with Gasteiger partial charge in [0.1, 0.15) is 0 Å². The van der Waals surface area contributed by atoms with E-state index in [1.165, 1.54) is 67.3 Å². The van der Waals surface area contributed by atoms with Gasteiger partial charge in [0.15, 0.2) is 0 Å². The highest BCUT2D eigenvalue weighted by molar-refractivity contribution is 5.73. The normalized spacial score (nSPS) is 16.0. The van der Waals surface area contributed by atoms with E-state index < -0.39 is 0 Å². The molecule has 1 nitrogen and oxygen atoms in total. The van der Waals surface area contributed by atoms with Crippen LogP contribution >= 0.6 is 0 Å². The van der Waals surface area contributed by atoms with Gasteiger partial charge >= 0.3 is 0 Å². The van der Waals surface area contributed by atoms with Gasteiger partial charge in [-0.25, -0.2) is 0 Å². The van der Waals surface area contributed by atoms with Crippen molar-refractivity contribution >= 4 is 5.57 Å². The predicted octanol–water partition coefficient (Wildman–Crippen LogP) is 6.06. The van der Waals surface area contributed by atoms with Crippen LogP contribution in [0.1, 0.15) is 54.9 Å². The molecule has 1 heterocycles. The minimum absolute atomic E-state index is 1.09. The van der Waals surface area contributed by atoms with Crippen LogP contribution in [0.15, 0.2) is 54.1 Å². The molecule has 0 bridgehead atoms. The Morgan fingerprint density at radius 3 is 2.50 bits per heavy atom. The predicted molar refractivity (Wildman–Crippen MR) is 114 cm³/mol. The molecule has 0 saturated carbocycles. The number of aryl methyl sites for hydroxylation is 3. The van der Waals surface area contributed by atoms with Gasteiger partial charge in [0.2, 0.25) is 0 Å². The fourth-order valence-corrected chi connectivity index (χ4v) is 4.04. The Morgan fingerprint density at radius 1 is 0.923 bits per heavy atom. The Kier molecular flexibility index (Phi) is 6.68. The van der Waals surface area contributed by atoms with Crippen molar-refractivity contribution in [1.82, 2.24) is 4.90 Å². The lowest BCUT2D eigenvalue weighted by atomic mass is 9.90. The van der Waals surface area contributed by atoms with E-state index in [1.54, 1.807) is 11.1 Å². The molecule has 0 fully saturated rings. The maximum Gasteiger partial charge on any atom is 0.0236 e. The second-order valence-corrected chi connectivity index (χ2v) is 7.95. The van der Waals surface area contributed by atoms with Crippen LogP contribution in [0.2, 0.25) is 0 Å². The van der Waals surface area contributed by atoms with Crippen LogP contribution in [0.25, 0.3) is 5.57 Å². The number of hydrogen-bond acceptors (Lipinski definition) is 1. The Bertz CT molecular complexity index is 742. The van der Waals surface area contributed by atoms with Gasteiger partial charge in [0.05, 0.1) is 0 Å². The second-order valence-electron chi connectivity index (χ2n) is 7.95. The van der Waals surface area contributed by atoms with Crippen molar-refractivity contribution in [3.05, 3.63) is 76.4 Å². The average Bonchev–Trinajstić information content (AvgIpc) is 2.81. The summed E-state index contributed by atoms with van der Waals surface area (Å²) in [7, 11) is 2.26. The van der Waals surface area contributed by atoms with Crippen molar-refractivity contribution in [3.63, 3.8) is 0 Å². The summed E-state index contributed by atoms with van der Waals surface area (Å²) < 4.78 is 0. The molecule has 0 N–H and O–H groups in total. The van der Waals surface area contributed by atoms with E-state index in [1.807, 2.05) is 0 Å². The monoisotopic (exact) mass is 347 g/mol. The number of hydrogen-bond donors (Lipinski definition) is 0. The van der Waals surface area contributed by atoms with Gasteiger partial charge in [-0.05, 0) is 88.2 Å². The number of rotatable bonds is 6. The van der Waals surface area contributed by atoms with E-state index in [0.717, 1.165) is 6.54 Å². The van der Waals surface area contributed by atoms with Crippen LogP contribution in [0, 0.1) is 6.92 Å². The maximum absolute atomic E-state index is 2.48. The van der Waals surface area contributed by atoms with Crippen molar-refractivity contribution in [3.8, 4) is 0 Å². The third-order valence-electron chi connectivity index (χ3n) is 5.63. The number of likely N-dealkylation sites (N-methyl/N-ethyl adjacent to an activating group) is 1. The topological polar surface area (TPSA) is 3.24 Å². The maximum atomic E-state index is 2.48. The van der Waals surface area contributed by atoms with E-state index in [4.69, 9.17) is 0 Å². The molecule has 0 amide bonds. The highest BCUT2D eigenvalue weighted by Gasteiger charge is 2.16. The average molecular weight is 348 g/mol. The summed E-state index contributed by atoms with van der Waals surface area (Å²) in [5.41, 5.74) is 9.04. The molecule has 0 saturated heterocycles. The zero-order valence-corrected chi connectivity index (χ0v) is 16.7. The highest BCUT2D eigenvalue weighted by atomic mass is 15.1. The van der Waals surface area contributed by atoms with Gasteiger partial charge in [0.25, 0.3) is 0 Å². The molecular formula is C25H33N. The lowest BCUT2D eigenvalue weighted by Gasteiger charge is -2.20. The van der Waals surface area contributed by atoms with Crippen LogP contribution in [0.3, 0.4) is 0 Å². The smallest absolute Gasteiger partial charge is 0.0236 e. The standard InChI is InChI=1S/C25H33N/c1-20-15-16-23(14-8-7-13-22-11-5-4-6-12-22)24(18-20)25-19-26(3)17-9-10-21(25)2/h4-6,11-12,15-16,18H,7-10,13-14,17,19H2,1-3H3. The Balaban J connectivity index is 1.71. The fourth-order valence-electron chi connectivity index (χ4n) is 4.04. The van der Waals surface area contributed by atoms with Gasteiger partial charge in [0, 0.05) is 6.54 Å². The van der Waals surface area contributed by atoms with Crippen LogP contribution in [-0.4, -0.2) is 25.0 Å². The zero-order valence-electron chi connectivity index (χ0n) is 16.7.